The molecule has 0 amide bonds. The van der Waals surface area contributed by atoms with Crippen molar-refractivity contribution in [2.24, 2.45) is 0 Å². The molecule has 1 nitrogen and oxygen atoms in total. The molecule has 62 valence electrons. The fourth-order valence-corrected chi connectivity index (χ4v) is 0.553. The van der Waals surface area contributed by atoms with E-state index in [0.29, 0.717) is 0 Å². The quantitative estimate of drug-likeness (QED) is 0.600. The van der Waals surface area contributed by atoms with E-state index in [0.717, 1.165) is 0 Å². The van der Waals surface area contributed by atoms with Crippen LogP contribution in [0.1, 0.15) is 0 Å². The van der Waals surface area contributed by atoms with E-state index in [9.17, 15) is 8.78 Å². The van der Waals surface area contributed by atoms with Gasteiger partial charge in [0.2, 0.25) is 0 Å². The van der Waals surface area contributed by atoms with Crippen LogP contribution in [0.3, 0.4) is 0 Å². The van der Waals surface area contributed by atoms with Crippen molar-refractivity contribution in [2.75, 3.05) is 0 Å². The van der Waals surface area contributed by atoms with Crippen LogP contribution in [0.15, 0.2) is 24.3 Å². The molecule has 0 spiro atoms. The number of rotatable bonds is 2. The molecule has 1 aromatic rings. The molecule has 0 aliphatic carbocycles. The van der Waals surface area contributed by atoms with E-state index in [-0.39, 0.29) is 5.75 Å². The van der Waals surface area contributed by atoms with Gasteiger partial charge in [-0.15, -0.1) is 12.1 Å². The molecule has 0 bridgehead atoms. The molecule has 1 aromatic carbocycles. The van der Waals surface area contributed by atoms with Gasteiger partial charge in [0.1, 0.15) is 0 Å². The normalized spacial score (nSPS) is 8.83. The summed E-state index contributed by atoms with van der Waals surface area (Å²) < 4.78 is 27.0. The fourth-order valence-electron chi connectivity index (χ4n) is 0.553. The van der Waals surface area contributed by atoms with Crippen LogP contribution in [0.4, 0.5) is 8.78 Å². The molecule has 12 heavy (non-hydrogen) atoms. The molecule has 0 fully saturated rings. The Bertz CT molecular complexity index is 196. The molecule has 0 aliphatic rings. The summed E-state index contributed by atoms with van der Waals surface area (Å²) in [4.78, 5) is 0. The van der Waals surface area contributed by atoms with E-state index < -0.39 is 6.61 Å². The number of hydrogen-bond acceptors (Lipinski definition) is 1. The standard InChI is InChI=1S/C7H5F2O.BrH.Zn/c8-7(9)10-6-4-2-1-3-5-6;;/h2-5,7H;1H;/q-1;;+2/p-1. The van der Waals surface area contributed by atoms with Gasteiger partial charge in [0.05, 0.1) is 0 Å². The van der Waals surface area contributed by atoms with Gasteiger partial charge in [-0.2, -0.15) is 27.0 Å². The van der Waals surface area contributed by atoms with Crippen LogP contribution in [0.2, 0.25) is 0 Å². The van der Waals surface area contributed by atoms with Crippen LogP contribution in [-0.2, 0) is 16.3 Å². The van der Waals surface area contributed by atoms with Crippen molar-refractivity contribution in [3.05, 3.63) is 30.3 Å². The zero-order chi connectivity index (χ0) is 9.40. The Morgan fingerprint density at radius 3 is 2.25 bits per heavy atom. The average Bonchev–Trinajstić information content (AvgIpc) is 2.08. The third kappa shape index (κ3) is 5.61. The molecular weight excluding hydrogens is 283 g/mol. The van der Waals surface area contributed by atoms with Crippen LogP contribution in [0.5, 0.6) is 5.75 Å². The molecule has 0 atom stereocenters. The van der Waals surface area contributed by atoms with Crippen molar-refractivity contribution in [1.82, 2.24) is 0 Å². The summed E-state index contributed by atoms with van der Waals surface area (Å²) in [6.07, 6.45) is 0. The molecule has 0 N–H and O–H groups in total. The number of alkyl halides is 2. The van der Waals surface area contributed by atoms with E-state index in [1.165, 1.54) is 40.6 Å². The van der Waals surface area contributed by atoms with E-state index in [2.05, 4.69) is 24.4 Å². The van der Waals surface area contributed by atoms with Gasteiger partial charge in [0.25, 0.3) is 0 Å². The van der Waals surface area contributed by atoms with Gasteiger partial charge in [0, 0.05) is 5.75 Å². The van der Waals surface area contributed by atoms with Crippen molar-refractivity contribution < 1.29 is 29.9 Å². The Balaban J connectivity index is 0.000000561. The zero-order valence-electron chi connectivity index (χ0n) is 6.14. The molecule has 5 heteroatoms. The second-order valence-corrected chi connectivity index (χ2v) is 1.61. The van der Waals surface area contributed by atoms with Crippen molar-refractivity contribution in [2.45, 2.75) is 6.61 Å². The van der Waals surface area contributed by atoms with E-state index in [1.807, 2.05) is 0 Å². The van der Waals surface area contributed by atoms with Gasteiger partial charge in [-0.05, 0) is 0 Å². The minimum absolute atomic E-state index is 0.161. The molecule has 0 heterocycles. The molecule has 1 rings (SSSR count). The molecule has 0 saturated carbocycles. The molecule has 0 saturated heterocycles. The van der Waals surface area contributed by atoms with Crippen LogP contribution < -0.4 is 4.74 Å². The number of ether oxygens (including phenoxy) is 1. The summed E-state index contributed by atoms with van der Waals surface area (Å²) >= 11 is 4.25. The number of halogens is 3. The second-order valence-electron chi connectivity index (χ2n) is 1.61. The fraction of sp³-hybridized carbons (Fsp3) is 0.143. The Kier molecular flexibility index (Phi) is 7.61. The summed E-state index contributed by atoms with van der Waals surface area (Å²) in [7, 11) is 0. The van der Waals surface area contributed by atoms with Gasteiger partial charge in [-0.3, -0.25) is 0 Å². The van der Waals surface area contributed by atoms with E-state index in [1.54, 1.807) is 0 Å². The summed E-state index contributed by atoms with van der Waals surface area (Å²) in [5, 5.41) is 0. The maximum atomic E-state index is 11.5. The molecule has 0 aromatic heterocycles. The van der Waals surface area contributed by atoms with Gasteiger partial charge in [-0.1, -0.05) is 0 Å². The predicted molar refractivity (Wildman–Crippen MR) is 40.8 cm³/mol. The molecular formula is C7H5BrF2OZn. The van der Waals surface area contributed by atoms with Crippen molar-refractivity contribution in [3.63, 3.8) is 0 Å². The molecule has 0 radical (unpaired) electrons. The maximum absolute atomic E-state index is 11.5. The number of benzene rings is 1. The monoisotopic (exact) mass is 286 g/mol. The van der Waals surface area contributed by atoms with E-state index >= 15 is 0 Å². The van der Waals surface area contributed by atoms with Gasteiger partial charge >= 0.3 is 36.6 Å². The van der Waals surface area contributed by atoms with Gasteiger partial charge < -0.3 is 4.74 Å². The molecule has 0 unspecified atom stereocenters. The van der Waals surface area contributed by atoms with Crippen LogP contribution in [0.25, 0.3) is 0 Å². The van der Waals surface area contributed by atoms with Crippen LogP contribution in [-0.4, -0.2) is 6.61 Å². The first-order chi connectivity index (χ1) is 5.79. The summed E-state index contributed by atoms with van der Waals surface area (Å²) in [6.45, 7) is -2.75. The number of hydrogen-bond donors (Lipinski definition) is 0. The van der Waals surface area contributed by atoms with Crippen molar-refractivity contribution in [3.8, 4) is 5.75 Å². The SMILES string of the molecule is FC(F)Oc1cc[c-]cc1.[Zn+][Br]. The Morgan fingerprint density at radius 2 is 1.83 bits per heavy atom. The van der Waals surface area contributed by atoms with E-state index in [4.69, 9.17) is 0 Å². The third-order valence-electron chi connectivity index (χ3n) is 0.913. The Labute approximate surface area is 86.1 Å². The zero-order valence-corrected chi connectivity index (χ0v) is 10.7. The summed E-state index contributed by atoms with van der Waals surface area (Å²) in [5.74, 6) is 0.161. The first-order valence-corrected chi connectivity index (χ1v) is 9.91. The second kappa shape index (κ2) is 7.62. The summed E-state index contributed by atoms with van der Waals surface area (Å²) in [6, 6.07) is 8.55. The average molecular weight is 288 g/mol. The van der Waals surface area contributed by atoms with Crippen LogP contribution >= 0.6 is 13.6 Å². The van der Waals surface area contributed by atoms with Crippen molar-refractivity contribution >= 4 is 13.6 Å². The summed E-state index contributed by atoms with van der Waals surface area (Å²) in [5.41, 5.74) is 0. The minimum atomic E-state index is -2.75. The Hall–Kier alpha value is -0.0166. The first kappa shape index (κ1) is 12.0. The molecule has 0 aliphatic heterocycles. The first-order valence-electron chi connectivity index (χ1n) is 2.96. The van der Waals surface area contributed by atoms with Gasteiger partial charge in [0.15, 0.2) is 0 Å². The van der Waals surface area contributed by atoms with Gasteiger partial charge in [-0.25, -0.2) is 0 Å². The topological polar surface area (TPSA) is 9.23 Å². The third-order valence-corrected chi connectivity index (χ3v) is 0.913. The van der Waals surface area contributed by atoms with Crippen molar-refractivity contribution in [1.29, 1.82) is 0 Å². The van der Waals surface area contributed by atoms with Crippen LogP contribution in [0, 0.1) is 6.07 Å². The predicted octanol–water partition coefficient (Wildman–Crippen LogP) is 2.93. The Morgan fingerprint density at radius 1 is 1.33 bits per heavy atom.